The van der Waals surface area contributed by atoms with Crippen molar-refractivity contribution in [3.8, 4) is 0 Å². The zero-order valence-electron chi connectivity index (χ0n) is 13.8. The van der Waals surface area contributed by atoms with Crippen LogP contribution in [0.25, 0.3) is 0 Å². The van der Waals surface area contributed by atoms with E-state index in [2.05, 4.69) is 60.4 Å². The van der Waals surface area contributed by atoms with Gasteiger partial charge in [0.15, 0.2) is 0 Å². The molecular weight excluding hydrogens is 280 g/mol. The highest BCUT2D eigenvalue weighted by atomic mass is 15.3. The molecule has 2 heteroatoms. The first-order valence-corrected chi connectivity index (χ1v) is 8.86. The highest BCUT2D eigenvalue weighted by Crippen LogP contribution is 2.36. The standard InChI is InChI=1S/C21H24N2/c1-2-3-4-12-19-18-11-7-8-13-20(18)23-15-17-10-6-5-9-16(17)14-21(23)22-19/h5-11,13,21H,2-4,12,14-15H2,1H3. The van der Waals surface area contributed by atoms with Crippen LogP contribution in [0.3, 0.4) is 0 Å². The summed E-state index contributed by atoms with van der Waals surface area (Å²) < 4.78 is 0. The van der Waals surface area contributed by atoms with E-state index in [1.54, 1.807) is 0 Å². The molecule has 0 aromatic heterocycles. The molecule has 2 aliphatic heterocycles. The van der Waals surface area contributed by atoms with Gasteiger partial charge in [-0.25, -0.2) is 0 Å². The van der Waals surface area contributed by atoms with Crippen LogP contribution in [0, 0.1) is 0 Å². The van der Waals surface area contributed by atoms with Crippen LogP contribution in [0.1, 0.15) is 49.3 Å². The SMILES string of the molecule is CCCCCC1=NC2Cc3ccccc3CN2c2ccccc21. The lowest BCUT2D eigenvalue weighted by atomic mass is 9.92. The molecule has 0 saturated heterocycles. The molecule has 2 nitrogen and oxygen atoms in total. The Morgan fingerprint density at radius 3 is 2.65 bits per heavy atom. The number of nitrogens with zero attached hydrogens (tertiary/aromatic N) is 2. The van der Waals surface area contributed by atoms with Crippen molar-refractivity contribution in [1.82, 2.24) is 0 Å². The van der Waals surface area contributed by atoms with E-state index in [0.29, 0.717) is 0 Å². The van der Waals surface area contributed by atoms with Gasteiger partial charge >= 0.3 is 0 Å². The van der Waals surface area contributed by atoms with Crippen molar-refractivity contribution in [3.63, 3.8) is 0 Å². The molecule has 0 fully saturated rings. The van der Waals surface area contributed by atoms with E-state index in [-0.39, 0.29) is 6.17 Å². The number of fused-ring (bicyclic) bond motifs is 4. The second-order valence-corrected chi connectivity index (χ2v) is 6.63. The van der Waals surface area contributed by atoms with Gasteiger partial charge in [-0.1, -0.05) is 62.2 Å². The van der Waals surface area contributed by atoms with Crippen LogP contribution < -0.4 is 4.90 Å². The molecule has 0 spiro atoms. The Kier molecular flexibility index (Phi) is 3.90. The summed E-state index contributed by atoms with van der Waals surface area (Å²) in [5.41, 5.74) is 6.94. The maximum Gasteiger partial charge on any atom is 0.125 e. The Balaban J connectivity index is 1.70. The van der Waals surface area contributed by atoms with Crippen molar-refractivity contribution in [2.45, 2.75) is 51.7 Å². The number of aliphatic imine (C=N–C) groups is 1. The minimum absolute atomic E-state index is 0.274. The maximum absolute atomic E-state index is 5.16. The summed E-state index contributed by atoms with van der Waals surface area (Å²) in [6, 6.07) is 17.6. The Labute approximate surface area is 138 Å². The summed E-state index contributed by atoms with van der Waals surface area (Å²) in [5, 5.41) is 0. The molecule has 1 atom stereocenters. The molecule has 4 rings (SSSR count). The zero-order valence-corrected chi connectivity index (χ0v) is 13.8. The smallest absolute Gasteiger partial charge is 0.125 e. The summed E-state index contributed by atoms with van der Waals surface area (Å²) in [6.45, 7) is 3.24. The van der Waals surface area contributed by atoms with Crippen LogP contribution in [0.4, 0.5) is 5.69 Å². The van der Waals surface area contributed by atoms with Gasteiger partial charge in [0.05, 0.1) is 0 Å². The highest BCUT2D eigenvalue weighted by Gasteiger charge is 2.31. The van der Waals surface area contributed by atoms with Crippen molar-refractivity contribution in [1.29, 1.82) is 0 Å². The fourth-order valence-electron chi connectivity index (χ4n) is 3.83. The van der Waals surface area contributed by atoms with Crippen molar-refractivity contribution in [2.24, 2.45) is 4.99 Å². The molecule has 2 heterocycles. The lowest BCUT2D eigenvalue weighted by Gasteiger charge is -2.41. The average molecular weight is 304 g/mol. The number of anilines is 1. The fourth-order valence-corrected chi connectivity index (χ4v) is 3.83. The third-order valence-corrected chi connectivity index (χ3v) is 5.07. The number of hydrogen-bond donors (Lipinski definition) is 0. The summed E-state index contributed by atoms with van der Waals surface area (Å²) in [5.74, 6) is 0. The molecule has 1 unspecified atom stereocenters. The Morgan fingerprint density at radius 2 is 1.78 bits per heavy atom. The van der Waals surface area contributed by atoms with Crippen molar-refractivity contribution >= 4 is 11.4 Å². The third-order valence-electron chi connectivity index (χ3n) is 5.07. The lowest BCUT2D eigenvalue weighted by Crippen LogP contribution is -2.43. The molecule has 2 aromatic rings. The molecule has 118 valence electrons. The van der Waals surface area contributed by atoms with Crippen LogP contribution in [0.15, 0.2) is 53.5 Å². The van der Waals surface area contributed by atoms with Crippen LogP contribution in [-0.2, 0) is 13.0 Å². The third kappa shape index (κ3) is 2.67. The highest BCUT2D eigenvalue weighted by molar-refractivity contribution is 6.06. The van der Waals surface area contributed by atoms with E-state index in [4.69, 9.17) is 4.99 Å². The van der Waals surface area contributed by atoms with Gasteiger partial charge in [-0.3, -0.25) is 4.99 Å². The minimum Gasteiger partial charge on any atom is -0.344 e. The van der Waals surface area contributed by atoms with Gasteiger partial charge in [0, 0.05) is 29.9 Å². The molecule has 0 radical (unpaired) electrons. The summed E-state index contributed by atoms with van der Waals surface area (Å²) in [6.07, 6.45) is 6.21. The van der Waals surface area contributed by atoms with Gasteiger partial charge in [-0.2, -0.15) is 0 Å². The second-order valence-electron chi connectivity index (χ2n) is 6.63. The van der Waals surface area contributed by atoms with Crippen LogP contribution >= 0.6 is 0 Å². The number of unbranched alkanes of at least 4 members (excludes halogenated alkanes) is 2. The van der Waals surface area contributed by atoms with E-state index in [0.717, 1.165) is 19.4 Å². The van der Waals surface area contributed by atoms with Crippen LogP contribution in [0.5, 0.6) is 0 Å². The topological polar surface area (TPSA) is 15.6 Å². The van der Waals surface area contributed by atoms with Crippen molar-refractivity contribution < 1.29 is 0 Å². The molecule has 23 heavy (non-hydrogen) atoms. The average Bonchev–Trinajstić information content (AvgIpc) is 2.60. The predicted octanol–water partition coefficient (Wildman–Crippen LogP) is 4.96. The van der Waals surface area contributed by atoms with Crippen LogP contribution in [-0.4, -0.2) is 11.9 Å². The van der Waals surface area contributed by atoms with Gasteiger partial charge in [-0.15, -0.1) is 0 Å². The lowest BCUT2D eigenvalue weighted by molar-refractivity contribution is 0.565. The van der Waals surface area contributed by atoms with Crippen molar-refractivity contribution in [2.75, 3.05) is 4.90 Å². The summed E-state index contributed by atoms with van der Waals surface area (Å²) >= 11 is 0. The van der Waals surface area contributed by atoms with Gasteiger partial charge in [0.1, 0.15) is 6.17 Å². The molecule has 2 aliphatic rings. The summed E-state index contributed by atoms with van der Waals surface area (Å²) in [4.78, 5) is 7.65. The van der Waals surface area contributed by atoms with E-state index in [1.807, 2.05) is 0 Å². The maximum atomic E-state index is 5.16. The number of hydrogen-bond acceptors (Lipinski definition) is 2. The zero-order chi connectivity index (χ0) is 15.6. The normalized spacial score (nSPS) is 18.7. The molecule has 2 aromatic carbocycles. The molecule has 0 amide bonds. The van der Waals surface area contributed by atoms with Crippen molar-refractivity contribution in [3.05, 3.63) is 65.2 Å². The number of para-hydroxylation sites is 1. The monoisotopic (exact) mass is 304 g/mol. The fraction of sp³-hybridized carbons (Fsp3) is 0.381. The Hall–Kier alpha value is -2.09. The molecule has 0 N–H and O–H groups in total. The predicted molar refractivity (Wildman–Crippen MR) is 97.2 cm³/mol. The Bertz CT molecular complexity index is 732. The van der Waals surface area contributed by atoms with Gasteiger partial charge in [-0.05, 0) is 30.0 Å². The largest absolute Gasteiger partial charge is 0.344 e. The molecular formula is C21H24N2. The minimum atomic E-state index is 0.274. The summed E-state index contributed by atoms with van der Waals surface area (Å²) in [7, 11) is 0. The Morgan fingerprint density at radius 1 is 1.00 bits per heavy atom. The molecule has 0 bridgehead atoms. The number of benzene rings is 2. The number of rotatable bonds is 4. The van der Waals surface area contributed by atoms with Gasteiger partial charge in [0.25, 0.3) is 0 Å². The van der Waals surface area contributed by atoms with Crippen LogP contribution in [0.2, 0.25) is 0 Å². The first-order chi connectivity index (χ1) is 11.4. The second kappa shape index (κ2) is 6.19. The quantitative estimate of drug-likeness (QED) is 0.729. The first kappa shape index (κ1) is 14.5. The van der Waals surface area contributed by atoms with E-state index < -0.39 is 0 Å². The first-order valence-electron chi connectivity index (χ1n) is 8.86. The van der Waals surface area contributed by atoms with E-state index in [1.165, 1.54) is 47.4 Å². The van der Waals surface area contributed by atoms with Gasteiger partial charge in [0.2, 0.25) is 0 Å². The van der Waals surface area contributed by atoms with Gasteiger partial charge < -0.3 is 4.90 Å². The van der Waals surface area contributed by atoms with E-state index >= 15 is 0 Å². The molecule has 0 saturated carbocycles. The molecule has 0 aliphatic carbocycles. The van der Waals surface area contributed by atoms with E-state index in [9.17, 15) is 0 Å².